The molecule has 23 heavy (non-hydrogen) atoms. The molecule has 1 spiro atoms. The zero-order valence-corrected chi connectivity index (χ0v) is 13.8. The van der Waals surface area contributed by atoms with Crippen LogP contribution in [0.5, 0.6) is 0 Å². The van der Waals surface area contributed by atoms with Gasteiger partial charge < -0.3 is 9.73 Å². The lowest BCUT2D eigenvalue weighted by atomic mass is 9.86. The highest BCUT2D eigenvalue weighted by Gasteiger charge is 2.41. The molecule has 7 nitrogen and oxygen atoms in total. The molecule has 3 heterocycles. The van der Waals surface area contributed by atoms with E-state index in [1.54, 1.807) is 0 Å². The second kappa shape index (κ2) is 5.87. The second-order valence-electron chi connectivity index (χ2n) is 7.26. The van der Waals surface area contributed by atoms with Crippen LogP contribution < -0.4 is 5.32 Å². The Morgan fingerprint density at radius 1 is 1.30 bits per heavy atom. The number of carbonyl (C=O) groups is 1. The minimum absolute atomic E-state index is 0.0801. The molecule has 0 radical (unpaired) electrons. The van der Waals surface area contributed by atoms with Gasteiger partial charge in [0, 0.05) is 44.1 Å². The number of hydrogen-bond acceptors (Lipinski definition) is 6. The Morgan fingerprint density at radius 3 is 3.00 bits per heavy atom. The standard InChI is InChI=1S/C16H25N5O2/c1-20-8-9-21(10-14-18-19-15(23-14)12-2-3-12)11-16(20)5-4-13(22)17-7-6-16/h12H,2-11H2,1H3,(H,17,22). The average Bonchev–Trinajstić information content (AvgIpc) is 3.31. The van der Waals surface area contributed by atoms with Crippen LogP contribution in [0.1, 0.15) is 49.8 Å². The first kappa shape index (κ1) is 15.1. The molecule has 2 saturated heterocycles. The van der Waals surface area contributed by atoms with Crippen LogP contribution in [-0.2, 0) is 11.3 Å². The maximum absolute atomic E-state index is 11.7. The van der Waals surface area contributed by atoms with Crippen LogP contribution in [0.4, 0.5) is 0 Å². The summed E-state index contributed by atoms with van der Waals surface area (Å²) < 4.78 is 5.81. The van der Waals surface area contributed by atoms with E-state index in [9.17, 15) is 4.79 Å². The molecule has 1 saturated carbocycles. The number of nitrogens with one attached hydrogen (secondary N) is 1. The monoisotopic (exact) mass is 319 g/mol. The summed E-state index contributed by atoms with van der Waals surface area (Å²) in [5.41, 5.74) is 0.0801. The van der Waals surface area contributed by atoms with Gasteiger partial charge >= 0.3 is 0 Å². The van der Waals surface area contributed by atoms with E-state index in [4.69, 9.17) is 4.42 Å². The summed E-state index contributed by atoms with van der Waals surface area (Å²) >= 11 is 0. The van der Waals surface area contributed by atoms with E-state index < -0.39 is 0 Å². The van der Waals surface area contributed by atoms with Gasteiger partial charge in [0.1, 0.15) is 0 Å². The third-order valence-corrected chi connectivity index (χ3v) is 5.58. The van der Waals surface area contributed by atoms with Gasteiger partial charge in [-0.15, -0.1) is 10.2 Å². The van der Waals surface area contributed by atoms with E-state index in [0.29, 0.717) is 12.3 Å². The first-order valence-corrected chi connectivity index (χ1v) is 8.67. The van der Waals surface area contributed by atoms with Crippen molar-refractivity contribution in [1.82, 2.24) is 25.3 Å². The largest absolute Gasteiger partial charge is 0.424 e. The summed E-state index contributed by atoms with van der Waals surface area (Å²) in [6, 6.07) is 0. The molecule has 3 fully saturated rings. The summed E-state index contributed by atoms with van der Waals surface area (Å²) in [6.07, 6.45) is 4.90. The SMILES string of the molecule is CN1CCN(Cc2nnc(C3CC3)o2)CC12CCNC(=O)CC2. The van der Waals surface area contributed by atoms with Crippen LogP contribution in [0.3, 0.4) is 0 Å². The number of nitrogens with zero attached hydrogens (tertiary/aromatic N) is 4. The number of piperazine rings is 1. The predicted octanol–water partition coefficient (Wildman–Crippen LogP) is 0.733. The molecular formula is C16H25N5O2. The fourth-order valence-electron chi connectivity index (χ4n) is 3.83. The molecule has 0 aromatic carbocycles. The Hall–Kier alpha value is -1.47. The van der Waals surface area contributed by atoms with Gasteiger partial charge in [0.05, 0.1) is 6.54 Å². The molecule has 4 rings (SSSR count). The highest BCUT2D eigenvalue weighted by Crippen LogP contribution is 2.39. The molecular weight excluding hydrogens is 294 g/mol. The molecule has 1 unspecified atom stereocenters. The van der Waals surface area contributed by atoms with Gasteiger partial charge in [-0.3, -0.25) is 14.6 Å². The minimum Gasteiger partial charge on any atom is -0.424 e. The molecule has 1 amide bonds. The second-order valence-corrected chi connectivity index (χ2v) is 7.26. The summed E-state index contributed by atoms with van der Waals surface area (Å²) in [4.78, 5) is 16.5. The number of likely N-dealkylation sites (N-methyl/N-ethyl adjacent to an activating group) is 1. The third kappa shape index (κ3) is 3.12. The zero-order chi connectivity index (χ0) is 15.9. The van der Waals surface area contributed by atoms with Gasteiger partial charge in [0.25, 0.3) is 0 Å². The average molecular weight is 319 g/mol. The van der Waals surface area contributed by atoms with Crippen molar-refractivity contribution in [3.05, 3.63) is 11.8 Å². The highest BCUT2D eigenvalue weighted by molar-refractivity contribution is 5.76. The molecule has 3 aliphatic rings. The van der Waals surface area contributed by atoms with Crippen LogP contribution in [-0.4, -0.2) is 64.7 Å². The molecule has 1 aromatic rings. The van der Waals surface area contributed by atoms with E-state index in [2.05, 4.69) is 32.4 Å². The van der Waals surface area contributed by atoms with Gasteiger partial charge in [-0.05, 0) is 32.7 Å². The van der Waals surface area contributed by atoms with Crippen LogP contribution in [0.2, 0.25) is 0 Å². The Bertz CT molecular complexity index is 585. The van der Waals surface area contributed by atoms with Crippen LogP contribution in [0.15, 0.2) is 4.42 Å². The zero-order valence-electron chi connectivity index (χ0n) is 13.8. The summed E-state index contributed by atoms with van der Waals surface area (Å²) in [6.45, 7) is 4.46. The molecule has 7 heteroatoms. The maximum Gasteiger partial charge on any atom is 0.230 e. The molecule has 126 valence electrons. The number of aromatic nitrogens is 2. The van der Waals surface area contributed by atoms with Gasteiger partial charge in [0.2, 0.25) is 17.7 Å². The van der Waals surface area contributed by atoms with Crippen molar-refractivity contribution in [2.75, 3.05) is 33.2 Å². The lowest BCUT2D eigenvalue weighted by molar-refractivity contribution is -0.121. The fraction of sp³-hybridized carbons (Fsp3) is 0.812. The Morgan fingerprint density at radius 2 is 2.17 bits per heavy atom. The van der Waals surface area contributed by atoms with E-state index in [1.807, 2.05) is 0 Å². The van der Waals surface area contributed by atoms with Gasteiger partial charge in [0.15, 0.2) is 0 Å². The van der Waals surface area contributed by atoms with Gasteiger partial charge in [-0.2, -0.15) is 0 Å². The van der Waals surface area contributed by atoms with E-state index in [1.165, 1.54) is 12.8 Å². The van der Waals surface area contributed by atoms with Crippen LogP contribution >= 0.6 is 0 Å². The Kier molecular flexibility index (Phi) is 3.85. The molecule has 1 aliphatic carbocycles. The lowest BCUT2D eigenvalue weighted by Crippen LogP contribution is -2.60. The van der Waals surface area contributed by atoms with Crippen LogP contribution in [0, 0.1) is 0 Å². The molecule has 1 atom stereocenters. The van der Waals surface area contributed by atoms with Gasteiger partial charge in [-0.1, -0.05) is 0 Å². The molecule has 2 aliphatic heterocycles. The first-order valence-electron chi connectivity index (χ1n) is 8.67. The highest BCUT2D eigenvalue weighted by atomic mass is 16.4. The topological polar surface area (TPSA) is 74.5 Å². The van der Waals surface area contributed by atoms with Crippen molar-refractivity contribution in [3.63, 3.8) is 0 Å². The quantitative estimate of drug-likeness (QED) is 0.885. The number of rotatable bonds is 3. The first-order chi connectivity index (χ1) is 11.1. The third-order valence-electron chi connectivity index (χ3n) is 5.58. The lowest BCUT2D eigenvalue weighted by Gasteiger charge is -2.49. The minimum atomic E-state index is 0.0801. The van der Waals surface area contributed by atoms with E-state index >= 15 is 0 Å². The van der Waals surface area contributed by atoms with Crippen molar-refractivity contribution in [1.29, 1.82) is 0 Å². The molecule has 1 aromatic heterocycles. The smallest absolute Gasteiger partial charge is 0.230 e. The predicted molar refractivity (Wildman–Crippen MR) is 83.8 cm³/mol. The van der Waals surface area contributed by atoms with Crippen molar-refractivity contribution < 1.29 is 9.21 Å². The summed E-state index contributed by atoms with van der Waals surface area (Å²) in [5.74, 6) is 2.23. The number of carbonyl (C=O) groups excluding carboxylic acids is 1. The van der Waals surface area contributed by atoms with Crippen molar-refractivity contribution in [2.24, 2.45) is 0 Å². The fourth-order valence-corrected chi connectivity index (χ4v) is 3.83. The summed E-state index contributed by atoms with van der Waals surface area (Å²) in [7, 11) is 2.19. The van der Waals surface area contributed by atoms with Crippen molar-refractivity contribution in [3.8, 4) is 0 Å². The number of amides is 1. The van der Waals surface area contributed by atoms with Crippen molar-refractivity contribution >= 4 is 5.91 Å². The van der Waals surface area contributed by atoms with E-state index in [-0.39, 0.29) is 11.4 Å². The Labute approximate surface area is 136 Å². The molecule has 1 N–H and O–H groups in total. The van der Waals surface area contributed by atoms with Crippen molar-refractivity contribution in [2.45, 2.75) is 50.1 Å². The number of hydrogen-bond donors (Lipinski definition) is 1. The van der Waals surface area contributed by atoms with E-state index in [0.717, 1.165) is 57.3 Å². The summed E-state index contributed by atoms with van der Waals surface area (Å²) in [5, 5.41) is 11.4. The normalized spacial score (nSPS) is 30.4. The van der Waals surface area contributed by atoms with Gasteiger partial charge in [-0.25, -0.2) is 0 Å². The Balaban J connectivity index is 1.43. The van der Waals surface area contributed by atoms with Crippen LogP contribution in [0.25, 0.3) is 0 Å². The molecule has 0 bridgehead atoms. The maximum atomic E-state index is 11.7.